The fourth-order valence-corrected chi connectivity index (χ4v) is 1.14. The second-order valence-electron chi connectivity index (χ2n) is 3.08. The molecular formula is C10H14N2O4. The number of aromatic amines is 1. The number of hydrogen-bond acceptors (Lipinski definition) is 5. The first-order valence-corrected chi connectivity index (χ1v) is 4.95. The van der Waals surface area contributed by atoms with Gasteiger partial charge in [-0.1, -0.05) is 0 Å². The molecule has 6 heteroatoms. The van der Waals surface area contributed by atoms with Crippen LogP contribution in [0.25, 0.3) is 0 Å². The molecule has 0 aliphatic rings. The zero-order valence-electron chi connectivity index (χ0n) is 9.28. The van der Waals surface area contributed by atoms with Gasteiger partial charge in [-0.3, -0.25) is 9.89 Å². The van der Waals surface area contributed by atoms with Gasteiger partial charge in [0.05, 0.1) is 20.1 Å². The van der Waals surface area contributed by atoms with Crippen molar-refractivity contribution in [1.29, 1.82) is 0 Å². The molecule has 1 aromatic rings. The Morgan fingerprint density at radius 3 is 2.88 bits per heavy atom. The number of esters is 2. The third-order valence-corrected chi connectivity index (χ3v) is 1.94. The molecule has 0 aliphatic carbocycles. The highest BCUT2D eigenvalue weighted by molar-refractivity contribution is 5.87. The number of carbonyl (C=O) groups excluding carboxylic acids is 2. The fraction of sp³-hybridized carbons (Fsp3) is 0.500. The van der Waals surface area contributed by atoms with Crippen LogP contribution in [0.15, 0.2) is 6.07 Å². The Bertz CT molecular complexity index is 373. The molecule has 0 amide bonds. The van der Waals surface area contributed by atoms with E-state index in [1.54, 1.807) is 13.0 Å². The van der Waals surface area contributed by atoms with Crippen LogP contribution in [0, 0.1) is 0 Å². The maximum atomic E-state index is 11.3. The van der Waals surface area contributed by atoms with Crippen molar-refractivity contribution in [3.05, 3.63) is 17.5 Å². The van der Waals surface area contributed by atoms with Gasteiger partial charge in [-0.15, -0.1) is 0 Å². The Kier molecular flexibility index (Phi) is 4.50. The Morgan fingerprint density at radius 2 is 2.25 bits per heavy atom. The summed E-state index contributed by atoms with van der Waals surface area (Å²) in [6, 6.07) is 1.57. The van der Waals surface area contributed by atoms with E-state index in [1.807, 2.05) is 0 Å². The van der Waals surface area contributed by atoms with Crippen LogP contribution in [0.2, 0.25) is 0 Å². The van der Waals surface area contributed by atoms with Gasteiger partial charge in [0, 0.05) is 5.69 Å². The standard InChI is InChI=1S/C10H14N2O4/c1-3-16-10(14)8-6-7(11-12-8)4-5-9(13)15-2/h6H,3-5H2,1-2H3,(H,11,12). The Balaban J connectivity index is 2.51. The van der Waals surface area contributed by atoms with Crippen molar-refractivity contribution in [2.45, 2.75) is 19.8 Å². The van der Waals surface area contributed by atoms with E-state index in [-0.39, 0.29) is 18.1 Å². The number of ether oxygens (including phenoxy) is 2. The summed E-state index contributed by atoms with van der Waals surface area (Å²) in [5.41, 5.74) is 0.926. The van der Waals surface area contributed by atoms with Crippen LogP contribution in [0.1, 0.15) is 29.5 Å². The maximum absolute atomic E-state index is 11.3. The number of nitrogens with zero attached hydrogens (tertiary/aromatic N) is 1. The highest BCUT2D eigenvalue weighted by Crippen LogP contribution is 2.04. The first kappa shape index (κ1) is 12.2. The average molecular weight is 226 g/mol. The van der Waals surface area contributed by atoms with E-state index >= 15 is 0 Å². The van der Waals surface area contributed by atoms with Crippen molar-refractivity contribution in [2.24, 2.45) is 0 Å². The molecule has 0 aromatic carbocycles. The number of H-pyrrole nitrogens is 1. The number of carbonyl (C=O) groups is 2. The molecule has 0 unspecified atom stereocenters. The second-order valence-corrected chi connectivity index (χ2v) is 3.08. The zero-order valence-corrected chi connectivity index (χ0v) is 9.28. The lowest BCUT2D eigenvalue weighted by Gasteiger charge is -1.96. The van der Waals surface area contributed by atoms with Crippen molar-refractivity contribution in [2.75, 3.05) is 13.7 Å². The quantitative estimate of drug-likeness (QED) is 0.747. The average Bonchev–Trinajstić information content (AvgIpc) is 2.75. The predicted molar refractivity (Wildman–Crippen MR) is 54.9 cm³/mol. The lowest BCUT2D eigenvalue weighted by Crippen LogP contribution is -2.04. The van der Waals surface area contributed by atoms with Crippen molar-refractivity contribution in [1.82, 2.24) is 10.2 Å². The predicted octanol–water partition coefficient (Wildman–Crippen LogP) is 0.692. The Hall–Kier alpha value is -1.85. The molecular weight excluding hydrogens is 212 g/mol. The minimum absolute atomic E-state index is 0.224. The summed E-state index contributed by atoms with van der Waals surface area (Å²) in [6.45, 7) is 2.03. The second kappa shape index (κ2) is 5.89. The Labute approximate surface area is 92.9 Å². The summed E-state index contributed by atoms with van der Waals surface area (Å²) in [6.07, 6.45) is 0.708. The first-order chi connectivity index (χ1) is 7.67. The minimum Gasteiger partial charge on any atom is -0.469 e. The van der Waals surface area contributed by atoms with Crippen LogP contribution in [0.3, 0.4) is 0 Å². The monoisotopic (exact) mass is 226 g/mol. The van der Waals surface area contributed by atoms with Gasteiger partial charge < -0.3 is 9.47 Å². The minimum atomic E-state index is -0.469. The smallest absolute Gasteiger partial charge is 0.358 e. The third-order valence-electron chi connectivity index (χ3n) is 1.94. The van der Waals surface area contributed by atoms with Crippen LogP contribution in [0.5, 0.6) is 0 Å². The molecule has 0 fully saturated rings. The molecule has 88 valence electrons. The topological polar surface area (TPSA) is 81.3 Å². The molecule has 6 nitrogen and oxygen atoms in total. The largest absolute Gasteiger partial charge is 0.469 e. The molecule has 1 aromatic heterocycles. The number of nitrogens with one attached hydrogen (secondary N) is 1. The summed E-state index contributed by atoms with van der Waals surface area (Å²) in [7, 11) is 1.33. The van der Waals surface area contributed by atoms with E-state index in [0.29, 0.717) is 18.7 Å². The van der Waals surface area contributed by atoms with Gasteiger partial charge in [0.25, 0.3) is 0 Å². The molecule has 0 spiro atoms. The SMILES string of the molecule is CCOC(=O)c1cc(CCC(=O)OC)[nH]n1. The first-order valence-electron chi connectivity index (χ1n) is 4.95. The summed E-state index contributed by atoms with van der Waals surface area (Å²) in [5, 5.41) is 6.45. The van der Waals surface area contributed by atoms with Crippen LogP contribution in [-0.4, -0.2) is 35.9 Å². The van der Waals surface area contributed by atoms with Gasteiger partial charge in [-0.05, 0) is 19.4 Å². The van der Waals surface area contributed by atoms with Gasteiger partial charge in [-0.25, -0.2) is 4.79 Å². The summed E-state index contributed by atoms with van der Waals surface area (Å²) < 4.78 is 9.27. The molecule has 0 radical (unpaired) electrons. The number of methoxy groups -OCH3 is 1. The molecule has 0 atom stereocenters. The van der Waals surface area contributed by atoms with E-state index in [1.165, 1.54) is 7.11 Å². The molecule has 0 saturated carbocycles. The fourth-order valence-electron chi connectivity index (χ4n) is 1.14. The van der Waals surface area contributed by atoms with Crippen molar-refractivity contribution in [3.63, 3.8) is 0 Å². The van der Waals surface area contributed by atoms with Gasteiger partial charge in [0.15, 0.2) is 5.69 Å². The van der Waals surface area contributed by atoms with E-state index < -0.39 is 5.97 Å². The highest BCUT2D eigenvalue weighted by Gasteiger charge is 2.11. The summed E-state index contributed by atoms with van der Waals surface area (Å²) >= 11 is 0. The van der Waals surface area contributed by atoms with Crippen LogP contribution >= 0.6 is 0 Å². The molecule has 1 rings (SSSR count). The molecule has 0 aliphatic heterocycles. The van der Waals surface area contributed by atoms with Crippen LogP contribution in [-0.2, 0) is 20.7 Å². The lowest BCUT2D eigenvalue weighted by atomic mass is 10.2. The molecule has 0 saturated heterocycles. The van der Waals surface area contributed by atoms with Crippen molar-refractivity contribution < 1.29 is 19.1 Å². The van der Waals surface area contributed by atoms with Crippen LogP contribution in [0.4, 0.5) is 0 Å². The zero-order chi connectivity index (χ0) is 12.0. The lowest BCUT2D eigenvalue weighted by molar-refractivity contribution is -0.140. The Morgan fingerprint density at radius 1 is 1.50 bits per heavy atom. The van der Waals surface area contributed by atoms with Gasteiger partial charge in [0.1, 0.15) is 0 Å². The highest BCUT2D eigenvalue weighted by atomic mass is 16.5. The summed E-state index contributed by atoms with van der Waals surface area (Å²) in [5.74, 6) is -0.768. The van der Waals surface area contributed by atoms with E-state index in [0.717, 1.165) is 0 Å². The molecule has 16 heavy (non-hydrogen) atoms. The normalized spacial score (nSPS) is 9.88. The molecule has 0 bridgehead atoms. The summed E-state index contributed by atoms with van der Waals surface area (Å²) in [4.78, 5) is 22.1. The van der Waals surface area contributed by atoms with E-state index in [4.69, 9.17) is 4.74 Å². The molecule has 1 heterocycles. The van der Waals surface area contributed by atoms with Gasteiger partial charge in [0.2, 0.25) is 0 Å². The maximum Gasteiger partial charge on any atom is 0.358 e. The van der Waals surface area contributed by atoms with Gasteiger partial charge in [-0.2, -0.15) is 5.10 Å². The van der Waals surface area contributed by atoms with Gasteiger partial charge >= 0.3 is 11.9 Å². The van der Waals surface area contributed by atoms with Crippen molar-refractivity contribution in [3.8, 4) is 0 Å². The number of aryl methyl sites for hydroxylation is 1. The van der Waals surface area contributed by atoms with E-state index in [9.17, 15) is 9.59 Å². The van der Waals surface area contributed by atoms with Crippen molar-refractivity contribution >= 4 is 11.9 Å². The number of hydrogen-bond donors (Lipinski definition) is 1. The number of aromatic nitrogens is 2. The third kappa shape index (κ3) is 3.38. The van der Waals surface area contributed by atoms with E-state index in [2.05, 4.69) is 14.9 Å². The number of rotatable bonds is 5. The van der Waals surface area contributed by atoms with Crippen LogP contribution < -0.4 is 0 Å². The molecule has 1 N–H and O–H groups in total.